The molecule has 0 aromatic carbocycles. The predicted octanol–water partition coefficient (Wildman–Crippen LogP) is 2.29. The Bertz CT molecular complexity index is 564. The summed E-state index contributed by atoms with van der Waals surface area (Å²) >= 11 is 0. The summed E-state index contributed by atoms with van der Waals surface area (Å²) in [7, 11) is 0. The van der Waals surface area contributed by atoms with Crippen LogP contribution in [0.25, 0.3) is 11.7 Å². The first-order chi connectivity index (χ1) is 8.74. The molecule has 0 saturated carbocycles. The molecular weight excluding hydrogens is 246 g/mol. The van der Waals surface area contributed by atoms with E-state index in [-0.39, 0.29) is 12.0 Å². The molecule has 0 spiro atoms. The molecule has 0 aliphatic heterocycles. The first-order valence-electron chi connectivity index (χ1n) is 6.16. The fourth-order valence-corrected chi connectivity index (χ4v) is 1.40. The number of rotatable bonds is 3. The zero-order valence-corrected chi connectivity index (χ0v) is 11.9. The van der Waals surface area contributed by atoms with Crippen LogP contribution < -0.4 is 0 Å². The molecule has 104 valence electrons. The summed E-state index contributed by atoms with van der Waals surface area (Å²) in [6.45, 7) is 9.71. The Hall–Kier alpha value is -1.69. The lowest BCUT2D eigenvalue weighted by Gasteiger charge is -2.16. The highest BCUT2D eigenvalue weighted by molar-refractivity contribution is 5.44. The summed E-state index contributed by atoms with van der Waals surface area (Å²) in [4.78, 5) is 0. The summed E-state index contributed by atoms with van der Waals surface area (Å²) < 4.78 is 10.8. The molecule has 2 aromatic rings. The summed E-state index contributed by atoms with van der Waals surface area (Å²) in [5.41, 5.74) is -0.0203. The maximum atomic E-state index is 9.31. The quantitative estimate of drug-likeness (QED) is 0.916. The van der Waals surface area contributed by atoms with E-state index in [1.54, 1.807) is 6.07 Å². The minimum absolute atomic E-state index is 0.0178. The van der Waals surface area contributed by atoms with Gasteiger partial charge in [-0.05, 0) is 0 Å². The second-order valence-corrected chi connectivity index (χ2v) is 6.28. The largest absolute Gasteiger partial charge is 0.418 e. The highest BCUT2D eigenvalue weighted by Gasteiger charge is 2.27. The van der Waals surface area contributed by atoms with Crippen LogP contribution in [0.1, 0.15) is 46.2 Å². The first-order valence-corrected chi connectivity index (χ1v) is 6.16. The predicted molar refractivity (Wildman–Crippen MR) is 68.6 cm³/mol. The van der Waals surface area contributed by atoms with E-state index in [4.69, 9.17) is 8.94 Å². The molecule has 0 saturated heterocycles. The van der Waals surface area contributed by atoms with Crippen LogP contribution in [0.3, 0.4) is 0 Å². The number of hydrogen-bond acceptors (Lipinski definition) is 6. The third-order valence-electron chi connectivity index (χ3n) is 2.88. The summed E-state index contributed by atoms with van der Waals surface area (Å²) in [5, 5.41) is 21.2. The van der Waals surface area contributed by atoms with Crippen molar-refractivity contribution in [2.45, 2.75) is 45.4 Å². The van der Waals surface area contributed by atoms with Gasteiger partial charge in [-0.3, -0.25) is 0 Å². The average molecular weight is 265 g/mol. The van der Waals surface area contributed by atoms with Crippen molar-refractivity contribution in [1.29, 1.82) is 0 Å². The molecule has 1 N–H and O–H groups in total. The van der Waals surface area contributed by atoms with Gasteiger partial charge in [0.25, 0.3) is 5.89 Å². The molecule has 0 unspecified atom stereocenters. The number of nitrogens with zero attached hydrogens (tertiary/aromatic N) is 3. The molecule has 2 aromatic heterocycles. The lowest BCUT2D eigenvalue weighted by atomic mass is 9.90. The highest BCUT2D eigenvalue weighted by Crippen LogP contribution is 2.28. The van der Waals surface area contributed by atoms with Crippen LogP contribution >= 0.6 is 0 Å². The molecular formula is C13H19N3O3. The van der Waals surface area contributed by atoms with Gasteiger partial charge >= 0.3 is 0 Å². The molecule has 0 amide bonds. The highest BCUT2D eigenvalue weighted by atomic mass is 16.5. The van der Waals surface area contributed by atoms with Gasteiger partial charge in [0.05, 0.1) is 12.3 Å². The summed E-state index contributed by atoms with van der Waals surface area (Å²) in [5.74, 6) is 1.26. The molecule has 2 heterocycles. The van der Waals surface area contributed by atoms with E-state index >= 15 is 0 Å². The van der Waals surface area contributed by atoms with E-state index in [9.17, 15) is 5.11 Å². The Morgan fingerprint density at radius 3 is 2.37 bits per heavy atom. The monoisotopic (exact) mass is 265 g/mol. The van der Waals surface area contributed by atoms with Crippen LogP contribution in [-0.2, 0) is 10.8 Å². The van der Waals surface area contributed by atoms with Crippen LogP contribution in [-0.4, -0.2) is 27.1 Å². The standard InChI is InChI=1S/C13H19N3O3/c1-12(2,3)11-15-14-10(18-11)8-6-9(16-19-8)13(4,5)7-17/h6,17H,7H2,1-5H3. The van der Waals surface area contributed by atoms with Crippen LogP contribution in [0.2, 0.25) is 0 Å². The zero-order valence-electron chi connectivity index (χ0n) is 11.9. The van der Waals surface area contributed by atoms with E-state index in [1.165, 1.54) is 0 Å². The SMILES string of the molecule is CC(C)(C)c1nnc(-c2cc(C(C)(C)CO)no2)o1. The number of hydrogen-bond donors (Lipinski definition) is 1. The topological polar surface area (TPSA) is 85.2 Å². The van der Waals surface area contributed by atoms with Gasteiger partial charge in [-0.2, -0.15) is 0 Å². The van der Waals surface area contributed by atoms with Gasteiger partial charge in [-0.1, -0.05) is 39.8 Å². The Balaban J connectivity index is 2.31. The van der Waals surface area contributed by atoms with Crippen molar-refractivity contribution in [3.63, 3.8) is 0 Å². The first kappa shape index (κ1) is 13.7. The maximum Gasteiger partial charge on any atom is 0.286 e. The van der Waals surface area contributed by atoms with Gasteiger partial charge in [0.1, 0.15) is 0 Å². The molecule has 2 rings (SSSR count). The fraction of sp³-hybridized carbons (Fsp3) is 0.615. The van der Waals surface area contributed by atoms with Crippen molar-refractivity contribution in [2.24, 2.45) is 0 Å². The summed E-state index contributed by atoms with van der Waals surface area (Å²) in [6, 6.07) is 1.72. The molecule has 19 heavy (non-hydrogen) atoms. The summed E-state index contributed by atoms with van der Waals surface area (Å²) in [6.07, 6.45) is 0. The third kappa shape index (κ3) is 2.68. The molecule has 0 aliphatic carbocycles. The van der Waals surface area contributed by atoms with Gasteiger partial charge < -0.3 is 14.0 Å². The molecule has 0 atom stereocenters. The Kier molecular flexibility index (Phi) is 3.22. The fourth-order valence-electron chi connectivity index (χ4n) is 1.40. The van der Waals surface area contributed by atoms with Crippen molar-refractivity contribution in [2.75, 3.05) is 6.61 Å². The van der Waals surface area contributed by atoms with E-state index in [1.807, 2.05) is 34.6 Å². The third-order valence-corrected chi connectivity index (χ3v) is 2.88. The van der Waals surface area contributed by atoms with Crippen molar-refractivity contribution in [1.82, 2.24) is 15.4 Å². The molecule has 0 bridgehead atoms. The van der Waals surface area contributed by atoms with Crippen molar-refractivity contribution >= 4 is 0 Å². The second kappa shape index (κ2) is 4.45. The molecule has 0 radical (unpaired) electrons. The molecule has 0 fully saturated rings. The average Bonchev–Trinajstić information content (AvgIpc) is 2.96. The van der Waals surface area contributed by atoms with Crippen LogP contribution in [0, 0.1) is 0 Å². The lowest BCUT2D eigenvalue weighted by Crippen LogP contribution is -2.22. The van der Waals surface area contributed by atoms with E-state index in [0.29, 0.717) is 23.2 Å². The van der Waals surface area contributed by atoms with Crippen molar-refractivity contribution in [3.05, 3.63) is 17.7 Å². The Morgan fingerprint density at radius 1 is 1.16 bits per heavy atom. The van der Waals surface area contributed by atoms with Gasteiger partial charge in [0.15, 0.2) is 0 Å². The normalized spacial score (nSPS) is 12.9. The van der Waals surface area contributed by atoms with E-state index < -0.39 is 5.41 Å². The van der Waals surface area contributed by atoms with Crippen molar-refractivity contribution in [3.8, 4) is 11.7 Å². The van der Waals surface area contributed by atoms with Gasteiger partial charge in [0, 0.05) is 16.9 Å². The van der Waals surface area contributed by atoms with E-state index in [0.717, 1.165) is 0 Å². The van der Waals surface area contributed by atoms with Crippen LogP contribution in [0.4, 0.5) is 0 Å². The van der Waals surface area contributed by atoms with Gasteiger partial charge in [-0.15, -0.1) is 10.2 Å². The van der Waals surface area contributed by atoms with Crippen LogP contribution in [0.5, 0.6) is 0 Å². The smallest absolute Gasteiger partial charge is 0.286 e. The van der Waals surface area contributed by atoms with E-state index in [2.05, 4.69) is 15.4 Å². The Labute approximate surface area is 111 Å². The minimum Gasteiger partial charge on any atom is -0.418 e. The molecule has 6 nitrogen and oxygen atoms in total. The van der Waals surface area contributed by atoms with Gasteiger partial charge in [0.2, 0.25) is 11.7 Å². The number of aromatic nitrogens is 3. The second-order valence-electron chi connectivity index (χ2n) is 6.28. The number of aliphatic hydroxyl groups excluding tert-OH is 1. The lowest BCUT2D eigenvalue weighted by molar-refractivity contribution is 0.210. The molecule has 0 aliphatic rings. The van der Waals surface area contributed by atoms with Crippen molar-refractivity contribution < 1.29 is 14.0 Å². The van der Waals surface area contributed by atoms with Gasteiger partial charge in [-0.25, -0.2) is 0 Å². The Morgan fingerprint density at radius 2 is 1.84 bits per heavy atom. The van der Waals surface area contributed by atoms with Crippen LogP contribution in [0.15, 0.2) is 15.0 Å². The number of aliphatic hydroxyl groups is 1. The minimum atomic E-state index is -0.464. The maximum absolute atomic E-state index is 9.31. The zero-order chi connectivity index (χ0) is 14.3. The molecule has 6 heteroatoms.